The third kappa shape index (κ3) is 6.26. The number of carbonyl (C=O) groups is 2. The summed E-state index contributed by atoms with van der Waals surface area (Å²) in [4.78, 5) is 22.5. The first kappa shape index (κ1) is 16.8. The van der Waals surface area contributed by atoms with E-state index >= 15 is 0 Å². The van der Waals surface area contributed by atoms with E-state index in [1.165, 1.54) is 19.3 Å². The summed E-state index contributed by atoms with van der Waals surface area (Å²) in [5.74, 6) is -0.0745. The highest BCUT2D eigenvalue weighted by Gasteiger charge is 2.22. The molecule has 0 aliphatic heterocycles. The standard InChI is InChI=1S/C15H28N2O3/c1-3-11-6-5-7-13(8-11)17-15(20)16-10-12(4-2)9-14(18)19/h11-13H,3-10H2,1-2H3,(H,18,19)(H2,16,17,20). The molecule has 0 heterocycles. The lowest BCUT2D eigenvalue weighted by molar-refractivity contribution is -0.138. The number of rotatable bonds is 7. The maximum absolute atomic E-state index is 11.8. The number of aliphatic carboxylic acids is 1. The molecule has 1 saturated carbocycles. The van der Waals surface area contributed by atoms with Crippen molar-refractivity contribution in [1.82, 2.24) is 10.6 Å². The minimum atomic E-state index is -0.808. The predicted octanol–water partition coefficient (Wildman–Crippen LogP) is 2.76. The summed E-state index contributed by atoms with van der Waals surface area (Å²) in [6.07, 6.45) is 6.61. The Labute approximate surface area is 121 Å². The Bertz CT molecular complexity index is 320. The van der Waals surface area contributed by atoms with Crippen LogP contribution in [-0.2, 0) is 4.79 Å². The molecule has 1 rings (SSSR count). The van der Waals surface area contributed by atoms with E-state index in [2.05, 4.69) is 17.6 Å². The molecule has 116 valence electrons. The van der Waals surface area contributed by atoms with Gasteiger partial charge in [-0.2, -0.15) is 0 Å². The van der Waals surface area contributed by atoms with Crippen LogP contribution in [-0.4, -0.2) is 29.7 Å². The zero-order valence-electron chi connectivity index (χ0n) is 12.7. The van der Waals surface area contributed by atoms with Crippen molar-refractivity contribution in [3.8, 4) is 0 Å². The molecule has 0 aromatic carbocycles. The molecule has 20 heavy (non-hydrogen) atoms. The first-order valence-corrected chi connectivity index (χ1v) is 7.81. The molecule has 1 aliphatic carbocycles. The lowest BCUT2D eigenvalue weighted by Crippen LogP contribution is -2.45. The Morgan fingerprint density at radius 3 is 2.65 bits per heavy atom. The van der Waals surface area contributed by atoms with Gasteiger partial charge in [0.05, 0.1) is 0 Å². The second kappa shape index (κ2) is 8.82. The van der Waals surface area contributed by atoms with E-state index in [0.717, 1.165) is 25.2 Å². The topological polar surface area (TPSA) is 78.4 Å². The zero-order chi connectivity index (χ0) is 15.0. The van der Waals surface area contributed by atoms with E-state index < -0.39 is 5.97 Å². The summed E-state index contributed by atoms with van der Waals surface area (Å²) in [6.45, 7) is 4.57. The lowest BCUT2D eigenvalue weighted by Gasteiger charge is -2.29. The summed E-state index contributed by atoms with van der Waals surface area (Å²) >= 11 is 0. The van der Waals surface area contributed by atoms with Crippen LogP contribution >= 0.6 is 0 Å². The van der Waals surface area contributed by atoms with Crippen molar-refractivity contribution in [2.45, 2.75) is 64.8 Å². The number of carboxylic acid groups (broad SMARTS) is 1. The molecule has 3 unspecified atom stereocenters. The van der Waals surface area contributed by atoms with Crippen molar-refractivity contribution in [3.05, 3.63) is 0 Å². The third-order valence-electron chi connectivity index (χ3n) is 4.29. The fraction of sp³-hybridized carbons (Fsp3) is 0.867. The van der Waals surface area contributed by atoms with Crippen LogP contribution in [0.2, 0.25) is 0 Å². The second-order valence-electron chi connectivity index (χ2n) is 5.86. The first-order valence-electron chi connectivity index (χ1n) is 7.81. The van der Waals surface area contributed by atoms with Crippen molar-refractivity contribution in [3.63, 3.8) is 0 Å². The molecule has 3 N–H and O–H groups in total. The molecule has 5 heteroatoms. The van der Waals surface area contributed by atoms with Crippen LogP contribution in [0.25, 0.3) is 0 Å². The van der Waals surface area contributed by atoms with E-state index in [4.69, 9.17) is 5.11 Å². The third-order valence-corrected chi connectivity index (χ3v) is 4.29. The Hall–Kier alpha value is -1.26. The van der Waals surface area contributed by atoms with Gasteiger partial charge in [-0.25, -0.2) is 4.79 Å². The molecule has 1 aliphatic rings. The Balaban J connectivity index is 2.26. The molecule has 1 fully saturated rings. The first-order chi connectivity index (χ1) is 9.55. The number of hydrogen-bond acceptors (Lipinski definition) is 2. The second-order valence-corrected chi connectivity index (χ2v) is 5.86. The van der Waals surface area contributed by atoms with Gasteiger partial charge in [0, 0.05) is 19.0 Å². The lowest BCUT2D eigenvalue weighted by atomic mass is 9.84. The van der Waals surface area contributed by atoms with Gasteiger partial charge in [0.2, 0.25) is 0 Å². The van der Waals surface area contributed by atoms with Gasteiger partial charge in [0.25, 0.3) is 0 Å². The van der Waals surface area contributed by atoms with Gasteiger partial charge >= 0.3 is 12.0 Å². The van der Waals surface area contributed by atoms with E-state index in [1.54, 1.807) is 0 Å². The fourth-order valence-electron chi connectivity index (χ4n) is 2.87. The zero-order valence-corrected chi connectivity index (χ0v) is 12.7. The Morgan fingerprint density at radius 1 is 1.30 bits per heavy atom. The van der Waals surface area contributed by atoms with Crippen LogP contribution in [0.1, 0.15) is 58.8 Å². The number of carboxylic acids is 1. The average Bonchev–Trinajstić information content (AvgIpc) is 2.43. The van der Waals surface area contributed by atoms with Gasteiger partial charge in [0.15, 0.2) is 0 Å². The van der Waals surface area contributed by atoms with Crippen LogP contribution in [0.3, 0.4) is 0 Å². The summed E-state index contributed by atoms with van der Waals surface area (Å²) < 4.78 is 0. The van der Waals surface area contributed by atoms with E-state index in [1.807, 2.05) is 6.92 Å². The quantitative estimate of drug-likeness (QED) is 0.672. The SMILES string of the molecule is CCC(CNC(=O)NC1CCCC(CC)C1)CC(=O)O. The van der Waals surface area contributed by atoms with Gasteiger partial charge < -0.3 is 15.7 Å². The molecule has 0 radical (unpaired) electrons. The largest absolute Gasteiger partial charge is 0.481 e. The Morgan fingerprint density at radius 2 is 2.05 bits per heavy atom. The summed E-state index contributed by atoms with van der Waals surface area (Å²) in [7, 11) is 0. The number of hydrogen-bond donors (Lipinski definition) is 3. The molecule has 5 nitrogen and oxygen atoms in total. The van der Waals surface area contributed by atoms with Gasteiger partial charge in [-0.15, -0.1) is 0 Å². The van der Waals surface area contributed by atoms with Gasteiger partial charge in [-0.3, -0.25) is 4.79 Å². The van der Waals surface area contributed by atoms with Crippen molar-refractivity contribution < 1.29 is 14.7 Å². The normalized spacial score (nSPS) is 23.9. The average molecular weight is 284 g/mol. The van der Waals surface area contributed by atoms with Gasteiger partial charge in [-0.1, -0.05) is 39.5 Å². The smallest absolute Gasteiger partial charge is 0.315 e. The van der Waals surface area contributed by atoms with Crippen LogP contribution < -0.4 is 10.6 Å². The molecule has 3 atom stereocenters. The molecule has 0 spiro atoms. The summed E-state index contributed by atoms with van der Waals surface area (Å²) in [5, 5.41) is 14.6. The van der Waals surface area contributed by atoms with Gasteiger partial charge in [-0.05, 0) is 24.7 Å². The molecular weight excluding hydrogens is 256 g/mol. The minimum absolute atomic E-state index is 0.00740. The highest BCUT2D eigenvalue weighted by molar-refractivity contribution is 5.74. The highest BCUT2D eigenvalue weighted by Crippen LogP contribution is 2.26. The van der Waals surface area contributed by atoms with E-state index in [9.17, 15) is 9.59 Å². The molecule has 0 saturated heterocycles. The molecule has 0 aromatic heterocycles. The molecule has 0 bridgehead atoms. The number of nitrogens with one attached hydrogen (secondary N) is 2. The van der Waals surface area contributed by atoms with Crippen LogP contribution in [0.5, 0.6) is 0 Å². The number of amides is 2. The van der Waals surface area contributed by atoms with E-state index in [-0.39, 0.29) is 24.4 Å². The van der Waals surface area contributed by atoms with Crippen molar-refractivity contribution >= 4 is 12.0 Å². The number of carbonyl (C=O) groups excluding carboxylic acids is 1. The van der Waals surface area contributed by atoms with Gasteiger partial charge in [0.1, 0.15) is 0 Å². The minimum Gasteiger partial charge on any atom is -0.481 e. The molecular formula is C15H28N2O3. The van der Waals surface area contributed by atoms with Crippen molar-refractivity contribution in [2.24, 2.45) is 11.8 Å². The Kier molecular flexibility index (Phi) is 7.41. The van der Waals surface area contributed by atoms with Crippen molar-refractivity contribution in [1.29, 1.82) is 0 Å². The van der Waals surface area contributed by atoms with Crippen molar-refractivity contribution in [2.75, 3.05) is 6.54 Å². The van der Waals surface area contributed by atoms with Crippen LogP contribution in [0, 0.1) is 11.8 Å². The summed E-state index contributed by atoms with van der Waals surface area (Å²) in [5.41, 5.74) is 0. The van der Waals surface area contributed by atoms with E-state index in [0.29, 0.717) is 6.54 Å². The maximum atomic E-state index is 11.8. The van der Waals surface area contributed by atoms with Crippen LogP contribution in [0.15, 0.2) is 0 Å². The molecule has 0 aromatic rings. The monoisotopic (exact) mass is 284 g/mol. The summed E-state index contributed by atoms with van der Waals surface area (Å²) in [6, 6.07) is 0.115. The predicted molar refractivity (Wildman–Crippen MR) is 78.6 cm³/mol. The highest BCUT2D eigenvalue weighted by atomic mass is 16.4. The fourth-order valence-corrected chi connectivity index (χ4v) is 2.87. The van der Waals surface area contributed by atoms with Crippen LogP contribution in [0.4, 0.5) is 4.79 Å². The maximum Gasteiger partial charge on any atom is 0.315 e. The molecule has 2 amide bonds. The number of urea groups is 1.